The molecule has 2 rings (SSSR count). The van der Waals surface area contributed by atoms with Crippen molar-refractivity contribution < 1.29 is 32.6 Å². The maximum Gasteiger partial charge on any atom is 0.393 e. The Labute approximate surface area is 165 Å². The highest BCUT2D eigenvalue weighted by molar-refractivity contribution is 6.31. The summed E-state index contributed by atoms with van der Waals surface area (Å²) in [5.41, 5.74) is 1.02. The Morgan fingerprint density at radius 2 is 2.00 bits per heavy atom. The van der Waals surface area contributed by atoms with Crippen molar-refractivity contribution in [1.29, 1.82) is 0 Å². The van der Waals surface area contributed by atoms with E-state index in [1.807, 2.05) is 0 Å². The number of carbonyl (C=O) groups excluding carboxylic acids is 1. The molecule has 0 radical (unpaired) electrons. The number of aliphatic carboxylic acids is 1. The number of anilines is 1. The summed E-state index contributed by atoms with van der Waals surface area (Å²) >= 11 is 5.98. The highest BCUT2D eigenvalue weighted by Crippen LogP contribution is 2.37. The molecule has 2 N–H and O–H groups in total. The smallest absolute Gasteiger partial charge is 0.393 e. The molecule has 1 aromatic rings. The van der Waals surface area contributed by atoms with Gasteiger partial charge in [-0.15, -0.1) is 12.4 Å². The minimum atomic E-state index is -4.63. The molecule has 1 aliphatic heterocycles. The van der Waals surface area contributed by atoms with Crippen LogP contribution in [0, 0.1) is 18.8 Å². The Kier molecular flexibility index (Phi) is 7.76. The molecule has 0 aromatic heterocycles. The van der Waals surface area contributed by atoms with E-state index in [0.717, 1.165) is 0 Å². The van der Waals surface area contributed by atoms with Gasteiger partial charge in [0.05, 0.1) is 31.2 Å². The zero-order chi connectivity index (χ0) is 19.6. The zero-order valence-corrected chi connectivity index (χ0v) is 16.0. The number of aryl methyl sites for hydroxylation is 1. The van der Waals surface area contributed by atoms with Crippen molar-refractivity contribution in [1.82, 2.24) is 4.90 Å². The molecule has 1 saturated heterocycles. The van der Waals surface area contributed by atoms with E-state index in [1.54, 1.807) is 13.0 Å². The SMILES string of the molecule is COc1cc(Cl)c(C)cc1NC(=O)CN1C[C@@H](C(F)(F)F)[C@H](C(=O)O)C1.Cl. The maximum absolute atomic E-state index is 13.0. The lowest BCUT2D eigenvalue weighted by molar-refractivity contribution is -0.188. The van der Waals surface area contributed by atoms with Gasteiger partial charge in [0.15, 0.2) is 0 Å². The van der Waals surface area contributed by atoms with E-state index in [-0.39, 0.29) is 25.5 Å². The standard InChI is InChI=1S/C16H18ClF3N2O4.ClH/c1-8-3-12(13(26-2)4-11(8)17)21-14(23)7-22-5-9(15(24)25)10(6-22)16(18,19)20;/h3-4,9-10H,5-7H2,1-2H3,(H,21,23)(H,24,25);1H/t9-,10-;/m1./s1. The normalized spacial score (nSPS) is 20.1. The van der Waals surface area contributed by atoms with Crippen LogP contribution in [-0.4, -0.2) is 54.8 Å². The number of hydrogen-bond acceptors (Lipinski definition) is 4. The predicted octanol–water partition coefficient (Wildman–Crippen LogP) is 3.21. The van der Waals surface area contributed by atoms with Crippen molar-refractivity contribution >= 4 is 41.6 Å². The van der Waals surface area contributed by atoms with Crippen LogP contribution in [0.3, 0.4) is 0 Å². The second-order valence-corrected chi connectivity index (χ2v) is 6.54. The van der Waals surface area contributed by atoms with Gasteiger partial charge in [0.1, 0.15) is 5.75 Å². The van der Waals surface area contributed by atoms with Crippen LogP contribution >= 0.6 is 24.0 Å². The molecule has 6 nitrogen and oxygen atoms in total. The Balaban J connectivity index is 0.00000364. The topological polar surface area (TPSA) is 78.9 Å². The van der Waals surface area contributed by atoms with Gasteiger partial charge in [0, 0.05) is 24.2 Å². The molecular formula is C16H19Cl2F3N2O4. The molecule has 1 heterocycles. The Hall–Kier alpha value is -1.71. The molecule has 1 aliphatic rings. The van der Waals surface area contributed by atoms with Gasteiger partial charge in [-0.1, -0.05) is 11.6 Å². The zero-order valence-electron chi connectivity index (χ0n) is 14.5. The Morgan fingerprint density at radius 1 is 1.37 bits per heavy atom. The Bertz CT molecular complexity index is 716. The van der Waals surface area contributed by atoms with Gasteiger partial charge in [0.2, 0.25) is 5.91 Å². The van der Waals surface area contributed by atoms with Crippen LogP contribution in [0.5, 0.6) is 5.75 Å². The van der Waals surface area contributed by atoms with Crippen molar-refractivity contribution in [3.8, 4) is 5.75 Å². The first kappa shape index (κ1) is 23.3. The number of nitrogens with zero attached hydrogens (tertiary/aromatic N) is 1. The van der Waals surface area contributed by atoms with Gasteiger partial charge in [-0.25, -0.2) is 0 Å². The number of carboxylic acid groups (broad SMARTS) is 1. The number of methoxy groups -OCH3 is 1. The molecule has 11 heteroatoms. The van der Waals surface area contributed by atoms with Crippen molar-refractivity contribution in [2.24, 2.45) is 11.8 Å². The lowest BCUT2D eigenvalue weighted by Gasteiger charge is -2.18. The average molecular weight is 431 g/mol. The van der Waals surface area contributed by atoms with E-state index in [2.05, 4.69) is 5.32 Å². The van der Waals surface area contributed by atoms with E-state index in [9.17, 15) is 22.8 Å². The van der Waals surface area contributed by atoms with Crippen molar-refractivity contribution in [3.05, 3.63) is 22.7 Å². The molecule has 152 valence electrons. The number of carbonyl (C=O) groups is 2. The summed E-state index contributed by atoms with van der Waals surface area (Å²) in [6.45, 7) is 0.485. The van der Waals surface area contributed by atoms with Crippen LogP contribution in [0.4, 0.5) is 18.9 Å². The van der Waals surface area contributed by atoms with E-state index in [0.29, 0.717) is 22.0 Å². The van der Waals surface area contributed by atoms with Gasteiger partial charge in [0.25, 0.3) is 0 Å². The summed E-state index contributed by atoms with van der Waals surface area (Å²) in [6.07, 6.45) is -4.63. The molecule has 0 unspecified atom stereocenters. The third-order valence-corrected chi connectivity index (χ3v) is 4.66. The predicted molar refractivity (Wildman–Crippen MR) is 95.7 cm³/mol. The van der Waals surface area contributed by atoms with Crippen LogP contribution in [0.25, 0.3) is 0 Å². The number of ether oxygens (including phenoxy) is 1. The molecule has 0 saturated carbocycles. The van der Waals surface area contributed by atoms with E-state index >= 15 is 0 Å². The first-order chi connectivity index (χ1) is 12.0. The number of nitrogens with one attached hydrogen (secondary N) is 1. The molecule has 1 aromatic carbocycles. The van der Waals surface area contributed by atoms with Gasteiger partial charge >= 0.3 is 12.1 Å². The highest BCUT2D eigenvalue weighted by Gasteiger charge is 2.52. The number of hydrogen-bond donors (Lipinski definition) is 2. The van der Waals surface area contributed by atoms with Crippen LogP contribution in [-0.2, 0) is 9.59 Å². The first-order valence-corrected chi connectivity index (χ1v) is 8.06. The molecule has 27 heavy (non-hydrogen) atoms. The summed E-state index contributed by atoms with van der Waals surface area (Å²) in [5, 5.41) is 12.0. The average Bonchev–Trinajstić information content (AvgIpc) is 2.95. The van der Waals surface area contributed by atoms with Gasteiger partial charge < -0.3 is 15.2 Å². The second kappa shape index (κ2) is 8.99. The minimum absolute atomic E-state index is 0. The highest BCUT2D eigenvalue weighted by atomic mass is 35.5. The fourth-order valence-corrected chi connectivity index (χ4v) is 3.07. The molecule has 1 amide bonds. The number of carboxylic acids is 1. The fourth-order valence-electron chi connectivity index (χ4n) is 2.92. The summed E-state index contributed by atoms with van der Waals surface area (Å²) < 4.78 is 44.1. The molecule has 0 aliphatic carbocycles. The van der Waals surface area contributed by atoms with Crippen molar-refractivity contribution in [2.45, 2.75) is 13.1 Å². The largest absolute Gasteiger partial charge is 0.495 e. The number of amides is 1. The van der Waals surface area contributed by atoms with Crippen LogP contribution in [0.15, 0.2) is 12.1 Å². The van der Waals surface area contributed by atoms with Crippen LogP contribution in [0.1, 0.15) is 5.56 Å². The van der Waals surface area contributed by atoms with E-state index in [1.165, 1.54) is 18.1 Å². The van der Waals surface area contributed by atoms with E-state index in [4.69, 9.17) is 21.4 Å². The number of likely N-dealkylation sites (tertiary alicyclic amines) is 1. The van der Waals surface area contributed by atoms with E-state index < -0.39 is 36.4 Å². The Morgan fingerprint density at radius 3 is 2.48 bits per heavy atom. The number of rotatable bonds is 5. The maximum atomic E-state index is 13.0. The molecule has 0 bridgehead atoms. The fraction of sp³-hybridized carbons (Fsp3) is 0.500. The molecule has 2 atom stereocenters. The van der Waals surface area contributed by atoms with Crippen molar-refractivity contribution in [3.63, 3.8) is 0 Å². The van der Waals surface area contributed by atoms with Crippen LogP contribution < -0.4 is 10.1 Å². The minimum Gasteiger partial charge on any atom is -0.495 e. The lowest BCUT2D eigenvalue weighted by atomic mass is 9.96. The van der Waals surface area contributed by atoms with Crippen molar-refractivity contribution in [2.75, 3.05) is 32.1 Å². The van der Waals surface area contributed by atoms with Gasteiger partial charge in [-0.05, 0) is 18.6 Å². The third-order valence-electron chi connectivity index (χ3n) is 4.26. The van der Waals surface area contributed by atoms with Gasteiger partial charge in [-0.3, -0.25) is 14.5 Å². The first-order valence-electron chi connectivity index (χ1n) is 7.68. The molecule has 1 fully saturated rings. The quantitative estimate of drug-likeness (QED) is 0.749. The number of benzene rings is 1. The summed E-state index contributed by atoms with van der Waals surface area (Å²) in [5.74, 6) is -5.37. The second-order valence-electron chi connectivity index (χ2n) is 6.14. The number of alkyl halides is 3. The lowest BCUT2D eigenvalue weighted by Crippen LogP contribution is -2.34. The van der Waals surface area contributed by atoms with Gasteiger partial charge in [-0.2, -0.15) is 13.2 Å². The molecular weight excluding hydrogens is 412 g/mol. The van der Waals surface area contributed by atoms with Crippen LogP contribution in [0.2, 0.25) is 5.02 Å². The summed E-state index contributed by atoms with van der Waals surface area (Å²) in [6, 6.07) is 3.10. The summed E-state index contributed by atoms with van der Waals surface area (Å²) in [4.78, 5) is 24.5. The summed E-state index contributed by atoms with van der Waals surface area (Å²) in [7, 11) is 1.39. The molecule has 0 spiro atoms. The third kappa shape index (κ3) is 5.63. The number of halogens is 5. The monoisotopic (exact) mass is 430 g/mol.